The van der Waals surface area contributed by atoms with Crippen molar-refractivity contribution in [3.05, 3.63) is 16.7 Å². The third-order valence-corrected chi connectivity index (χ3v) is 7.88. The molecule has 2 aliphatic heterocycles. The van der Waals surface area contributed by atoms with Crippen LogP contribution in [0, 0.1) is 0 Å². The molecule has 0 spiro atoms. The molecule has 4 heterocycles. The highest BCUT2D eigenvalue weighted by molar-refractivity contribution is 7.59. The van der Waals surface area contributed by atoms with Gasteiger partial charge < -0.3 is 55.1 Å². The maximum absolute atomic E-state index is 12.1. The topological polar surface area (TPSA) is 317 Å². The fraction of sp³-hybridized carbons (Fsp3) is 0.667. The minimum atomic E-state index is -5.79. The van der Waals surface area contributed by atoms with Crippen LogP contribution in [0.2, 0.25) is 0 Å². The summed E-state index contributed by atoms with van der Waals surface area (Å²) in [4.78, 5) is 45.9. The number of aromatic amines is 1. The van der Waals surface area contributed by atoms with Gasteiger partial charge in [-0.25, -0.2) is 9.29 Å². The Morgan fingerprint density at radius 2 is 1.84 bits per heavy atom. The predicted octanol–water partition coefficient (Wildman–Crippen LogP) is -5.25. The van der Waals surface area contributed by atoms with Gasteiger partial charge in [0.05, 0.1) is 19.5 Å². The van der Waals surface area contributed by atoms with Gasteiger partial charge in [-0.1, -0.05) is 0 Å². The zero-order valence-electron chi connectivity index (χ0n) is 18.2. The largest absolute Gasteiger partial charge is 0.756 e. The molecule has 2 unspecified atom stereocenters. The van der Waals surface area contributed by atoms with E-state index in [1.807, 2.05) is 0 Å². The average molecular weight is 573 g/mol. The molecular weight excluding hydrogens is 552 g/mol. The lowest BCUT2D eigenvalue weighted by Gasteiger charge is -2.38. The van der Waals surface area contributed by atoms with Crippen LogP contribution < -0.4 is 21.1 Å². The molecule has 208 valence electrons. The molecule has 8 N–H and O–H groups in total. The number of ether oxygens (including phenoxy) is 2. The van der Waals surface area contributed by atoms with Crippen LogP contribution in [0.25, 0.3) is 11.2 Å². The Balaban J connectivity index is 1.39. The molecule has 37 heavy (non-hydrogen) atoms. The number of hydrogen-bond donors (Lipinski definition) is 7. The number of rotatable bonds is 8. The number of nitrogens with one attached hydrogen (secondary N) is 1. The Bertz CT molecular complexity index is 1290. The van der Waals surface area contributed by atoms with Crippen molar-refractivity contribution in [2.75, 3.05) is 18.9 Å². The van der Waals surface area contributed by atoms with Gasteiger partial charge >= 0.3 is 0 Å². The summed E-state index contributed by atoms with van der Waals surface area (Å²) >= 11 is 0. The van der Waals surface area contributed by atoms with Crippen molar-refractivity contribution in [2.45, 2.75) is 49.1 Å². The van der Waals surface area contributed by atoms with Gasteiger partial charge in [0.2, 0.25) is 5.95 Å². The summed E-state index contributed by atoms with van der Waals surface area (Å²) in [7, 11) is -11.5. The molecule has 22 heteroatoms. The second kappa shape index (κ2) is 10.4. The number of anilines is 1. The number of aliphatic hydroxyl groups is 5. The van der Waals surface area contributed by atoms with E-state index in [-0.39, 0.29) is 17.1 Å². The summed E-state index contributed by atoms with van der Waals surface area (Å²) in [5, 5.41) is 49.3. The van der Waals surface area contributed by atoms with Gasteiger partial charge in [0.15, 0.2) is 23.7 Å². The standard InChI is InChI=1S/C15H23N5O15P2/c16-15-18-11-6(12(26)19-15)17-3-20(11)13-9(24)8(23)5(33-13)2-32-36(27,28)35-37(29,30)34-14-10(25)7(22)4(21)1-31-14/h3-5,7-10,13-14,21-25H,1-2H2,(H,27,28)(H,29,30)(H3,16,18,19,26)/p-2/t4-,5-,7-,8-,9-,10+,13-,14-/m1/s1. The Kier molecular flexibility index (Phi) is 7.88. The third kappa shape index (κ3) is 5.92. The Morgan fingerprint density at radius 3 is 2.54 bits per heavy atom. The zero-order chi connectivity index (χ0) is 27.3. The third-order valence-electron chi connectivity index (χ3n) is 5.35. The maximum Gasteiger partial charge on any atom is 0.280 e. The van der Waals surface area contributed by atoms with Gasteiger partial charge in [-0.15, -0.1) is 0 Å². The number of fused-ring (bicyclic) bond motifs is 1. The lowest BCUT2D eigenvalue weighted by molar-refractivity contribution is -0.285. The smallest absolute Gasteiger partial charge is 0.280 e. The highest BCUT2D eigenvalue weighted by Crippen LogP contribution is 2.56. The molecule has 2 aliphatic rings. The van der Waals surface area contributed by atoms with Crippen molar-refractivity contribution < 1.29 is 67.3 Å². The molecule has 0 bridgehead atoms. The summed E-state index contributed by atoms with van der Waals surface area (Å²) in [6, 6.07) is 0. The second-order valence-electron chi connectivity index (χ2n) is 7.95. The normalized spacial score (nSPS) is 35.9. The van der Waals surface area contributed by atoms with E-state index in [0.29, 0.717) is 0 Å². The monoisotopic (exact) mass is 573 g/mol. The van der Waals surface area contributed by atoms with Crippen LogP contribution in [0.1, 0.15) is 6.23 Å². The van der Waals surface area contributed by atoms with Crippen molar-refractivity contribution in [2.24, 2.45) is 0 Å². The molecule has 0 radical (unpaired) electrons. The average Bonchev–Trinajstić information content (AvgIpc) is 3.33. The van der Waals surface area contributed by atoms with Crippen LogP contribution in [0.4, 0.5) is 5.95 Å². The first-order valence-electron chi connectivity index (χ1n) is 10.3. The lowest BCUT2D eigenvalue weighted by Crippen LogP contribution is -2.53. The van der Waals surface area contributed by atoms with Crippen molar-refractivity contribution >= 4 is 32.8 Å². The molecule has 2 aromatic heterocycles. The van der Waals surface area contributed by atoms with Gasteiger partial charge in [-0.05, 0) is 0 Å². The maximum atomic E-state index is 12.1. The SMILES string of the molecule is Nc1nc2c(ncn2[C@@H]2O[C@H](COP(=O)([O-])OP(=O)([O-])O[C@H]3OC[C@@H](O)[C@@H](O)[C@@H]3O)[C@@H](O)[C@H]2O)c(=O)[nH]1. The zero-order valence-corrected chi connectivity index (χ0v) is 20.0. The fourth-order valence-corrected chi connectivity index (χ4v) is 5.65. The molecule has 0 aromatic carbocycles. The van der Waals surface area contributed by atoms with E-state index >= 15 is 0 Å². The van der Waals surface area contributed by atoms with Crippen LogP contribution >= 0.6 is 15.6 Å². The Labute approximate surface area is 205 Å². The highest BCUT2D eigenvalue weighted by atomic mass is 31.3. The van der Waals surface area contributed by atoms with Crippen LogP contribution in [0.5, 0.6) is 0 Å². The fourth-order valence-electron chi connectivity index (χ4n) is 3.56. The van der Waals surface area contributed by atoms with E-state index in [1.165, 1.54) is 0 Å². The minimum Gasteiger partial charge on any atom is -0.756 e. The first-order valence-corrected chi connectivity index (χ1v) is 13.2. The molecule has 2 fully saturated rings. The second-order valence-corrected chi connectivity index (χ2v) is 10.9. The minimum absolute atomic E-state index is 0.119. The van der Waals surface area contributed by atoms with E-state index in [9.17, 15) is 49.2 Å². The molecule has 0 saturated carbocycles. The first-order chi connectivity index (χ1) is 17.2. The predicted molar refractivity (Wildman–Crippen MR) is 110 cm³/mol. The quantitative estimate of drug-likeness (QED) is 0.145. The Morgan fingerprint density at radius 1 is 1.14 bits per heavy atom. The van der Waals surface area contributed by atoms with Crippen molar-refractivity contribution in [1.82, 2.24) is 19.5 Å². The molecule has 2 saturated heterocycles. The molecule has 0 amide bonds. The number of nitrogens with zero attached hydrogens (tertiary/aromatic N) is 3. The molecule has 10 atom stereocenters. The van der Waals surface area contributed by atoms with Crippen molar-refractivity contribution in [1.29, 1.82) is 0 Å². The van der Waals surface area contributed by atoms with Gasteiger partial charge in [0.1, 0.15) is 36.6 Å². The van der Waals surface area contributed by atoms with Crippen LogP contribution in [-0.4, -0.2) is 101 Å². The Hall–Kier alpha value is -1.87. The van der Waals surface area contributed by atoms with E-state index in [4.69, 9.17) is 15.2 Å². The first kappa shape index (κ1) is 28.1. The van der Waals surface area contributed by atoms with E-state index in [0.717, 1.165) is 10.9 Å². The molecular formula is C15H21N5O15P2-2. The van der Waals surface area contributed by atoms with Crippen LogP contribution in [0.3, 0.4) is 0 Å². The van der Waals surface area contributed by atoms with Gasteiger partial charge in [0.25, 0.3) is 21.2 Å². The van der Waals surface area contributed by atoms with Gasteiger partial charge in [0, 0.05) is 0 Å². The number of imidazole rings is 1. The highest BCUT2D eigenvalue weighted by Gasteiger charge is 2.45. The van der Waals surface area contributed by atoms with Crippen molar-refractivity contribution in [3.63, 3.8) is 0 Å². The van der Waals surface area contributed by atoms with Crippen LogP contribution in [0.15, 0.2) is 11.1 Å². The number of phosphoric ester groups is 2. The number of H-pyrrole nitrogens is 1. The molecule has 4 rings (SSSR count). The molecule has 2 aromatic rings. The van der Waals surface area contributed by atoms with Gasteiger partial charge in [-0.2, -0.15) is 4.98 Å². The summed E-state index contributed by atoms with van der Waals surface area (Å²) in [6.45, 7) is -1.69. The number of hydrogen-bond acceptors (Lipinski definition) is 18. The van der Waals surface area contributed by atoms with Gasteiger partial charge in [-0.3, -0.25) is 28.0 Å². The molecule has 20 nitrogen and oxygen atoms in total. The number of phosphoric acid groups is 2. The summed E-state index contributed by atoms with van der Waals surface area (Å²) in [5.41, 5.74) is 4.52. The molecule has 0 aliphatic carbocycles. The number of nitrogens with two attached hydrogens (primary N) is 1. The number of nitrogen functional groups attached to an aromatic ring is 1. The number of aliphatic hydroxyl groups excluding tert-OH is 5. The summed E-state index contributed by atoms with van der Waals surface area (Å²) in [5.74, 6) is -0.280. The van der Waals surface area contributed by atoms with Crippen molar-refractivity contribution in [3.8, 4) is 0 Å². The lowest BCUT2D eigenvalue weighted by atomic mass is 10.1. The van der Waals surface area contributed by atoms with E-state index < -0.39 is 83.6 Å². The summed E-state index contributed by atoms with van der Waals surface area (Å²) in [6.07, 6.45) is -13.0. The van der Waals surface area contributed by atoms with Crippen LogP contribution in [-0.2, 0) is 32.0 Å². The van der Waals surface area contributed by atoms with E-state index in [2.05, 4.69) is 28.3 Å². The number of aromatic nitrogens is 4. The summed E-state index contributed by atoms with van der Waals surface area (Å²) < 4.78 is 47.8. The van der Waals surface area contributed by atoms with E-state index in [1.54, 1.807) is 0 Å².